The van der Waals surface area contributed by atoms with Gasteiger partial charge in [0.05, 0.1) is 6.10 Å². The van der Waals surface area contributed by atoms with Gasteiger partial charge in [0.1, 0.15) is 0 Å². The van der Waals surface area contributed by atoms with Crippen LogP contribution in [0.25, 0.3) is 0 Å². The maximum Gasteiger partial charge on any atom is 0.0693 e. The van der Waals surface area contributed by atoms with Crippen molar-refractivity contribution in [3.63, 3.8) is 0 Å². The Morgan fingerprint density at radius 1 is 1.33 bits per heavy atom. The molecule has 1 saturated carbocycles. The lowest BCUT2D eigenvalue weighted by molar-refractivity contribution is 0.0855. The van der Waals surface area contributed by atoms with E-state index in [1.54, 1.807) is 7.11 Å². The third-order valence-corrected chi connectivity index (χ3v) is 3.63. The van der Waals surface area contributed by atoms with Crippen LogP contribution >= 0.6 is 0 Å². The molecule has 3 unspecified atom stereocenters. The van der Waals surface area contributed by atoms with Crippen molar-refractivity contribution in [2.45, 2.75) is 57.8 Å². The summed E-state index contributed by atoms with van der Waals surface area (Å²) < 4.78 is 5.29. The van der Waals surface area contributed by atoms with Gasteiger partial charge in [0.25, 0.3) is 0 Å². The first-order valence-electron chi connectivity index (χ1n) is 6.04. The molecule has 3 atom stereocenters. The highest BCUT2D eigenvalue weighted by molar-refractivity contribution is 4.86. The number of nitrogens with one attached hydrogen (secondary N) is 1. The summed E-state index contributed by atoms with van der Waals surface area (Å²) in [5.74, 6) is 0. The summed E-state index contributed by atoms with van der Waals surface area (Å²) in [6.07, 6.45) is 3.04. The van der Waals surface area contributed by atoms with Crippen molar-refractivity contribution in [1.29, 1.82) is 0 Å². The lowest BCUT2D eigenvalue weighted by Gasteiger charge is -2.27. The SMILES string of the molecule is COC(C)C(C)NCC(C)N(C)C1CC1. The Morgan fingerprint density at radius 2 is 1.93 bits per heavy atom. The molecule has 1 fully saturated rings. The summed E-state index contributed by atoms with van der Waals surface area (Å²) in [5, 5.41) is 3.53. The molecule has 0 spiro atoms. The van der Waals surface area contributed by atoms with Gasteiger partial charge in [-0.25, -0.2) is 0 Å². The van der Waals surface area contributed by atoms with E-state index in [1.807, 2.05) is 0 Å². The van der Waals surface area contributed by atoms with Crippen LogP contribution in [0.2, 0.25) is 0 Å². The summed E-state index contributed by atoms with van der Waals surface area (Å²) >= 11 is 0. The molecule has 0 aromatic rings. The van der Waals surface area contributed by atoms with E-state index < -0.39 is 0 Å². The fourth-order valence-corrected chi connectivity index (χ4v) is 1.71. The van der Waals surface area contributed by atoms with E-state index in [9.17, 15) is 0 Å². The summed E-state index contributed by atoms with van der Waals surface area (Å²) in [4.78, 5) is 2.48. The van der Waals surface area contributed by atoms with Crippen LogP contribution in [-0.2, 0) is 4.74 Å². The topological polar surface area (TPSA) is 24.5 Å². The van der Waals surface area contributed by atoms with Crippen LogP contribution in [0.15, 0.2) is 0 Å². The smallest absolute Gasteiger partial charge is 0.0693 e. The molecule has 1 N–H and O–H groups in total. The number of hydrogen-bond donors (Lipinski definition) is 1. The molecule has 1 rings (SSSR count). The molecule has 1 aliphatic rings. The highest BCUT2D eigenvalue weighted by atomic mass is 16.5. The maximum atomic E-state index is 5.29. The van der Waals surface area contributed by atoms with Crippen molar-refractivity contribution >= 4 is 0 Å². The van der Waals surface area contributed by atoms with E-state index in [2.05, 4.69) is 38.0 Å². The molecule has 0 bridgehead atoms. The van der Waals surface area contributed by atoms with Gasteiger partial charge in [-0.15, -0.1) is 0 Å². The maximum absolute atomic E-state index is 5.29. The Labute approximate surface area is 94.2 Å². The fraction of sp³-hybridized carbons (Fsp3) is 1.00. The van der Waals surface area contributed by atoms with E-state index in [0.717, 1.165) is 12.6 Å². The van der Waals surface area contributed by atoms with Gasteiger partial charge in [0.2, 0.25) is 0 Å². The summed E-state index contributed by atoms with van der Waals surface area (Å²) in [5.41, 5.74) is 0. The average molecular weight is 214 g/mol. The lowest BCUT2D eigenvalue weighted by atomic mass is 10.2. The number of hydrogen-bond acceptors (Lipinski definition) is 3. The van der Waals surface area contributed by atoms with Crippen molar-refractivity contribution in [3.8, 4) is 0 Å². The van der Waals surface area contributed by atoms with Gasteiger partial charge in [-0.05, 0) is 40.7 Å². The highest BCUT2D eigenvalue weighted by Gasteiger charge is 2.29. The zero-order valence-corrected chi connectivity index (χ0v) is 10.8. The summed E-state index contributed by atoms with van der Waals surface area (Å²) in [7, 11) is 4.00. The van der Waals surface area contributed by atoms with E-state index in [0.29, 0.717) is 12.1 Å². The molecule has 0 aromatic heterocycles. The number of likely N-dealkylation sites (N-methyl/N-ethyl adjacent to an activating group) is 1. The Balaban J connectivity index is 2.17. The van der Waals surface area contributed by atoms with Gasteiger partial charge in [0, 0.05) is 31.8 Å². The van der Waals surface area contributed by atoms with Crippen LogP contribution < -0.4 is 5.32 Å². The first-order chi connectivity index (χ1) is 7.06. The van der Waals surface area contributed by atoms with Crippen molar-refractivity contribution < 1.29 is 4.74 Å². The van der Waals surface area contributed by atoms with Crippen LogP contribution in [0.3, 0.4) is 0 Å². The van der Waals surface area contributed by atoms with Gasteiger partial charge in [-0.3, -0.25) is 4.90 Å². The normalized spacial score (nSPS) is 22.8. The van der Waals surface area contributed by atoms with Gasteiger partial charge in [-0.1, -0.05) is 0 Å². The third-order valence-electron chi connectivity index (χ3n) is 3.63. The van der Waals surface area contributed by atoms with E-state index in [1.165, 1.54) is 12.8 Å². The van der Waals surface area contributed by atoms with Crippen molar-refractivity contribution in [2.24, 2.45) is 0 Å². The molecule has 0 aliphatic heterocycles. The number of ether oxygens (including phenoxy) is 1. The molecular formula is C12H26N2O. The monoisotopic (exact) mass is 214 g/mol. The summed E-state index contributed by atoms with van der Waals surface area (Å²) in [6.45, 7) is 7.61. The Morgan fingerprint density at radius 3 is 2.40 bits per heavy atom. The number of nitrogens with zero attached hydrogens (tertiary/aromatic N) is 1. The molecule has 0 radical (unpaired) electrons. The lowest BCUT2D eigenvalue weighted by Crippen LogP contribution is -2.45. The first-order valence-corrected chi connectivity index (χ1v) is 6.04. The van der Waals surface area contributed by atoms with Crippen molar-refractivity contribution in [1.82, 2.24) is 10.2 Å². The molecule has 1 aliphatic carbocycles. The zero-order valence-electron chi connectivity index (χ0n) is 10.8. The van der Waals surface area contributed by atoms with E-state index >= 15 is 0 Å². The predicted octanol–water partition coefficient (Wildman–Crippen LogP) is 1.48. The fourth-order valence-electron chi connectivity index (χ4n) is 1.71. The largest absolute Gasteiger partial charge is 0.380 e. The Kier molecular flexibility index (Phi) is 5.03. The van der Waals surface area contributed by atoms with Crippen LogP contribution in [0, 0.1) is 0 Å². The number of rotatable bonds is 7. The molecule has 3 nitrogen and oxygen atoms in total. The Hall–Kier alpha value is -0.120. The van der Waals surface area contributed by atoms with Crippen LogP contribution in [-0.4, -0.2) is 49.8 Å². The minimum absolute atomic E-state index is 0.281. The second-order valence-electron chi connectivity index (χ2n) is 4.88. The quantitative estimate of drug-likeness (QED) is 0.695. The Bertz CT molecular complexity index is 182. The molecule has 15 heavy (non-hydrogen) atoms. The van der Waals surface area contributed by atoms with E-state index in [4.69, 9.17) is 4.74 Å². The molecule has 90 valence electrons. The second kappa shape index (κ2) is 5.83. The van der Waals surface area contributed by atoms with E-state index in [-0.39, 0.29) is 6.10 Å². The average Bonchev–Trinajstić information content (AvgIpc) is 3.06. The van der Waals surface area contributed by atoms with Gasteiger partial charge in [0.15, 0.2) is 0 Å². The molecule has 0 saturated heterocycles. The van der Waals surface area contributed by atoms with Crippen LogP contribution in [0.5, 0.6) is 0 Å². The molecule has 0 aromatic carbocycles. The molecular weight excluding hydrogens is 188 g/mol. The molecule has 3 heteroatoms. The molecule has 0 heterocycles. The molecule has 0 amide bonds. The minimum atomic E-state index is 0.281. The second-order valence-corrected chi connectivity index (χ2v) is 4.88. The number of methoxy groups -OCH3 is 1. The van der Waals surface area contributed by atoms with Crippen LogP contribution in [0.1, 0.15) is 33.6 Å². The standard InChI is InChI=1S/C12H26N2O/c1-9(14(4)12-6-7-12)8-13-10(2)11(3)15-5/h9-13H,6-8H2,1-5H3. The van der Waals surface area contributed by atoms with Gasteiger partial charge < -0.3 is 10.1 Å². The zero-order chi connectivity index (χ0) is 11.4. The highest BCUT2D eigenvalue weighted by Crippen LogP contribution is 2.26. The minimum Gasteiger partial charge on any atom is -0.380 e. The first kappa shape index (κ1) is 12.9. The van der Waals surface area contributed by atoms with Gasteiger partial charge >= 0.3 is 0 Å². The third kappa shape index (κ3) is 4.09. The summed E-state index contributed by atoms with van der Waals surface area (Å²) in [6, 6.07) is 1.88. The predicted molar refractivity (Wildman–Crippen MR) is 64.2 cm³/mol. The van der Waals surface area contributed by atoms with Crippen molar-refractivity contribution in [3.05, 3.63) is 0 Å². The van der Waals surface area contributed by atoms with Gasteiger partial charge in [-0.2, -0.15) is 0 Å². The van der Waals surface area contributed by atoms with Crippen LogP contribution in [0.4, 0.5) is 0 Å². The van der Waals surface area contributed by atoms with Crippen molar-refractivity contribution in [2.75, 3.05) is 20.7 Å².